The monoisotopic (exact) mass is 355 g/mol. The van der Waals surface area contributed by atoms with E-state index in [1.165, 1.54) is 6.07 Å². The topological polar surface area (TPSA) is 66.1 Å². The van der Waals surface area contributed by atoms with Crippen molar-refractivity contribution in [2.45, 2.75) is 46.3 Å². The van der Waals surface area contributed by atoms with Crippen LogP contribution >= 0.6 is 11.6 Å². The molecule has 8 heteroatoms. The first kappa shape index (κ1) is 18.2. The molecule has 24 heavy (non-hydrogen) atoms. The van der Waals surface area contributed by atoms with Gasteiger partial charge in [-0.2, -0.15) is 9.78 Å². The molecule has 1 aromatic carbocycles. The number of unbranched alkanes of at least 4 members (excludes halogenated alkanes) is 1. The standard InChI is InChI=1S/C16H19ClFN3O3/c1-4-5-6-20-15(22)9-19-21(16(20)23)13-8-14(24-10(2)3)11(17)7-12(13)18/h7-10H,4-6H2,1-3H3. The number of halogens is 2. The van der Waals surface area contributed by atoms with E-state index < -0.39 is 17.1 Å². The second-order valence-electron chi connectivity index (χ2n) is 5.58. The maximum atomic E-state index is 14.3. The minimum Gasteiger partial charge on any atom is -0.489 e. The number of hydrogen-bond acceptors (Lipinski definition) is 4. The van der Waals surface area contributed by atoms with Crippen molar-refractivity contribution in [1.29, 1.82) is 0 Å². The van der Waals surface area contributed by atoms with Gasteiger partial charge in [0.1, 0.15) is 17.6 Å². The SMILES string of the molecule is CCCCn1c(=O)cnn(-c2cc(OC(C)C)c(Cl)cc2F)c1=O. The number of nitrogens with zero attached hydrogens (tertiary/aromatic N) is 3. The quantitative estimate of drug-likeness (QED) is 0.799. The van der Waals surface area contributed by atoms with Gasteiger partial charge in [-0.25, -0.2) is 9.18 Å². The van der Waals surface area contributed by atoms with Gasteiger partial charge in [0, 0.05) is 12.6 Å². The Kier molecular flexibility index (Phi) is 5.77. The summed E-state index contributed by atoms with van der Waals surface area (Å²) in [7, 11) is 0. The van der Waals surface area contributed by atoms with E-state index in [4.69, 9.17) is 16.3 Å². The lowest BCUT2D eigenvalue weighted by Gasteiger charge is -2.14. The van der Waals surface area contributed by atoms with Crippen molar-refractivity contribution in [3.05, 3.63) is 50.0 Å². The predicted octanol–water partition coefficient (Wildman–Crippen LogP) is 2.77. The summed E-state index contributed by atoms with van der Waals surface area (Å²) in [4.78, 5) is 24.3. The smallest absolute Gasteiger partial charge is 0.352 e. The second kappa shape index (κ2) is 7.61. The molecule has 0 aliphatic rings. The first-order valence-electron chi connectivity index (χ1n) is 7.70. The summed E-state index contributed by atoms with van der Waals surface area (Å²) < 4.78 is 21.7. The molecular formula is C16H19ClFN3O3. The summed E-state index contributed by atoms with van der Waals surface area (Å²) in [5, 5.41) is 3.85. The molecule has 0 unspecified atom stereocenters. The van der Waals surface area contributed by atoms with E-state index >= 15 is 0 Å². The normalized spacial score (nSPS) is 11.1. The van der Waals surface area contributed by atoms with Gasteiger partial charge in [0.25, 0.3) is 5.56 Å². The number of aromatic nitrogens is 3. The molecule has 0 aliphatic heterocycles. The molecule has 0 amide bonds. The molecule has 0 saturated carbocycles. The Hall–Kier alpha value is -2.15. The van der Waals surface area contributed by atoms with Crippen LogP contribution in [0, 0.1) is 5.82 Å². The van der Waals surface area contributed by atoms with E-state index in [0.717, 1.165) is 27.9 Å². The molecule has 0 saturated heterocycles. The van der Waals surface area contributed by atoms with Crippen LogP contribution in [0.5, 0.6) is 5.75 Å². The first-order valence-corrected chi connectivity index (χ1v) is 8.08. The van der Waals surface area contributed by atoms with Crippen LogP contribution in [0.3, 0.4) is 0 Å². The van der Waals surface area contributed by atoms with E-state index in [-0.39, 0.29) is 29.1 Å². The highest BCUT2D eigenvalue weighted by Crippen LogP contribution is 2.29. The lowest BCUT2D eigenvalue weighted by Crippen LogP contribution is -2.40. The van der Waals surface area contributed by atoms with Gasteiger partial charge in [-0.1, -0.05) is 24.9 Å². The zero-order valence-corrected chi connectivity index (χ0v) is 14.5. The number of hydrogen-bond donors (Lipinski definition) is 0. The van der Waals surface area contributed by atoms with Crippen LogP contribution in [0.15, 0.2) is 27.9 Å². The fourth-order valence-corrected chi connectivity index (χ4v) is 2.34. The second-order valence-corrected chi connectivity index (χ2v) is 5.99. The van der Waals surface area contributed by atoms with E-state index in [1.807, 2.05) is 6.92 Å². The van der Waals surface area contributed by atoms with Gasteiger partial charge >= 0.3 is 5.69 Å². The van der Waals surface area contributed by atoms with Crippen LogP contribution in [-0.4, -0.2) is 20.5 Å². The third kappa shape index (κ3) is 3.84. The minimum atomic E-state index is -0.730. The van der Waals surface area contributed by atoms with Crippen molar-refractivity contribution >= 4 is 11.6 Å². The Morgan fingerprint density at radius 1 is 1.33 bits per heavy atom. The number of ether oxygens (including phenoxy) is 1. The fourth-order valence-electron chi connectivity index (χ4n) is 2.15. The van der Waals surface area contributed by atoms with Crippen LogP contribution < -0.4 is 16.0 Å². The third-order valence-corrected chi connectivity index (χ3v) is 3.58. The van der Waals surface area contributed by atoms with Gasteiger partial charge in [0.05, 0.1) is 11.1 Å². The summed E-state index contributed by atoms with van der Waals surface area (Å²) in [6, 6.07) is 2.37. The Labute approximate surface area is 143 Å². The van der Waals surface area contributed by atoms with Gasteiger partial charge in [0.15, 0.2) is 5.82 Å². The zero-order valence-electron chi connectivity index (χ0n) is 13.8. The fraction of sp³-hybridized carbons (Fsp3) is 0.438. The zero-order chi connectivity index (χ0) is 17.9. The summed E-state index contributed by atoms with van der Waals surface area (Å²) in [5.41, 5.74) is -1.34. The van der Waals surface area contributed by atoms with Crippen LogP contribution in [0.4, 0.5) is 4.39 Å². The molecule has 2 aromatic rings. The molecule has 0 aliphatic carbocycles. The molecule has 1 aromatic heterocycles. The average molecular weight is 356 g/mol. The maximum Gasteiger partial charge on any atom is 0.352 e. The largest absolute Gasteiger partial charge is 0.489 e. The summed E-state index contributed by atoms with van der Waals surface area (Å²) >= 11 is 5.97. The van der Waals surface area contributed by atoms with Crippen molar-refractivity contribution in [3.8, 4) is 11.4 Å². The summed E-state index contributed by atoms with van der Waals surface area (Å²) in [6.45, 7) is 5.80. The van der Waals surface area contributed by atoms with Crippen LogP contribution in [-0.2, 0) is 6.54 Å². The molecule has 0 bridgehead atoms. The molecule has 1 heterocycles. The minimum absolute atomic E-state index is 0.0947. The van der Waals surface area contributed by atoms with Gasteiger partial charge in [-0.3, -0.25) is 9.36 Å². The highest BCUT2D eigenvalue weighted by molar-refractivity contribution is 6.32. The molecule has 0 atom stereocenters. The van der Waals surface area contributed by atoms with Crippen molar-refractivity contribution < 1.29 is 9.13 Å². The van der Waals surface area contributed by atoms with Gasteiger partial charge in [0.2, 0.25) is 0 Å². The molecule has 0 N–H and O–H groups in total. The lowest BCUT2D eigenvalue weighted by atomic mass is 10.2. The highest BCUT2D eigenvalue weighted by Gasteiger charge is 2.16. The van der Waals surface area contributed by atoms with Crippen molar-refractivity contribution in [1.82, 2.24) is 14.3 Å². The summed E-state index contributed by atoms with van der Waals surface area (Å²) in [6.07, 6.45) is 2.29. The molecule has 0 fully saturated rings. The average Bonchev–Trinajstić information content (AvgIpc) is 2.50. The van der Waals surface area contributed by atoms with E-state index in [0.29, 0.717) is 6.42 Å². The Balaban J connectivity index is 2.60. The summed E-state index contributed by atoms with van der Waals surface area (Å²) in [5.74, 6) is -0.491. The van der Waals surface area contributed by atoms with Crippen molar-refractivity contribution in [2.24, 2.45) is 0 Å². The first-order chi connectivity index (χ1) is 11.3. The molecule has 0 radical (unpaired) electrons. The lowest BCUT2D eigenvalue weighted by molar-refractivity contribution is 0.242. The van der Waals surface area contributed by atoms with Crippen LogP contribution in [0.2, 0.25) is 5.02 Å². The Morgan fingerprint density at radius 2 is 2.04 bits per heavy atom. The molecule has 130 valence electrons. The Morgan fingerprint density at radius 3 is 2.67 bits per heavy atom. The predicted molar refractivity (Wildman–Crippen MR) is 89.7 cm³/mol. The maximum absolute atomic E-state index is 14.3. The van der Waals surface area contributed by atoms with Gasteiger partial charge < -0.3 is 4.74 Å². The van der Waals surface area contributed by atoms with Gasteiger partial charge in [-0.15, -0.1) is 0 Å². The number of benzene rings is 1. The molecule has 2 rings (SSSR count). The third-order valence-electron chi connectivity index (χ3n) is 3.29. The van der Waals surface area contributed by atoms with E-state index in [2.05, 4.69) is 5.10 Å². The van der Waals surface area contributed by atoms with E-state index in [1.54, 1.807) is 13.8 Å². The van der Waals surface area contributed by atoms with Crippen molar-refractivity contribution in [3.63, 3.8) is 0 Å². The molecular weight excluding hydrogens is 337 g/mol. The van der Waals surface area contributed by atoms with Crippen LogP contribution in [0.25, 0.3) is 5.69 Å². The van der Waals surface area contributed by atoms with E-state index in [9.17, 15) is 14.0 Å². The number of rotatable bonds is 6. The van der Waals surface area contributed by atoms with Crippen LogP contribution in [0.1, 0.15) is 33.6 Å². The molecule has 6 nitrogen and oxygen atoms in total. The highest BCUT2D eigenvalue weighted by atomic mass is 35.5. The van der Waals surface area contributed by atoms with Gasteiger partial charge in [-0.05, 0) is 26.3 Å². The van der Waals surface area contributed by atoms with Crippen molar-refractivity contribution in [2.75, 3.05) is 0 Å². The Bertz CT molecular complexity index is 845. The molecule has 0 spiro atoms.